The van der Waals surface area contributed by atoms with Gasteiger partial charge >= 0.3 is 0 Å². The molecule has 2 aromatic rings. The molecule has 0 bridgehead atoms. The SMILES string of the molecule is Cc1ccc(N2CCCC(C(=O)Nc3ccc(C#N)cc3)C2)nn1. The lowest BCUT2D eigenvalue weighted by Gasteiger charge is -2.32. The number of nitriles is 1. The topological polar surface area (TPSA) is 81.9 Å². The van der Waals surface area contributed by atoms with Crippen molar-refractivity contribution in [2.75, 3.05) is 23.3 Å². The third-order valence-electron chi connectivity index (χ3n) is 4.18. The fourth-order valence-electron chi connectivity index (χ4n) is 2.83. The van der Waals surface area contributed by atoms with Gasteiger partial charge in [-0.2, -0.15) is 10.4 Å². The van der Waals surface area contributed by atoms with Gasteiger partial charge in [0, 0.05) is 18.8 Å². The Hall–Kier alpha value is -2.94. The summed E-state index contributed by atoms with van der Waals surface area (Å²) >= 11 is 0. The van der Waals surface area contributed by atoms with E-state index >= 15 is 0 Å². The minimum Gasteiger partial charge on any atom is -0.354 e. The van der Waals surface area contributed by atoms with Crippen LogP contribution in [0.2, 0.25) is 0 Å². The average molecular weight is 321 g/mol. The third-order valence-corrected chi connectivity index (χ3v) is 4.18. The van der Waals surface area contributed by atoms with Crippen molar-refractivity contribution in [2.24, 2.45) is 5.92 Å². The molecule has 1 aliphatic heterocycles. The smallest absolute Gasteiger partial charge is 0.229 e. The van der Waals surface area contributed by atoms with Crippen molar-refractivity contribution in [3.63, 3.8) is 0 Å². The van der Waals surface area contributed by atoms with Crippen LogP contribution in [0.4, 0.5) is 11.5 Å². The van der Waals surface area contributed by atoms with Gasteiger partial charge in [-0.1, -0.05) is 0 Å². The van der Waals surface area contributed by atoms with Gasteiger partial charge in [-0.15, -0.1) is 5.10 Å². The van der Waals surface area contributed by atoms with Crippen LogP contribution in [0.3, 0.4) is 0 Å². The van der Waals surface area contributed by atoms with Crippen LogP contribution in [0.5, 0.6) is 0 Å². The van der Waals surface area contributed by atoms with Crippen LogP contribution in [0, 0.1) is 24.2 Å². The number of benzene rings is 1. The number of hydrogen-bond acceptors (Lipinski definition) is 5. The lowest BCUT2D eigenvalue weighted by atomic mass is 9.97. The Morgan fingerprint density at radius 2 is 2.04 bits per heavy atom. The zero-order chi connectivity index (χ0) is 16.9. The van der Waals surface area contributed by atoms with Gasteiger partial charge in [0.1, 0.15) is 0 Å². The molecule has 1 saturated heterocycles. The first-order chi connectivity index (χ1) is 11.7. The van der Waals surface area contributed by atoms with Gasteiger partial charge < -0.3 is 10.2 Å². The van der Waals surface area contributed by atoms with Crippen molar-refractivity contribution in [3.8, 4) is 6.07 Å². The Balaban J connectivity index is 1.64. The van der Waals surface area contributed by atoms with Gasteiger partial charge in [0.15, 0.2) is 5.82 Å². The van der Waals surface area contributed by atoms with E-state index in [1.807, 2.05) is 19.1 Å². The highest BCUT2D eigenvalue weighted by Crippen LogP contribution is 2.22. The van der Waals surface area contributed by atoms with E-state index in [9.17, 15) is 4.79 Å². The lowest BCUT2D eigenvalue weighted by Crippen LogP contribution is -2.41. The second-order valence-electron chi connectivity index (χ2n) is 6.00. The average Bonchev–Trinajstić information content (AvgIpc) is 2.63. The molecule has 24 heavy (non-hydrogen) atoms. The highest BCUT2D eigenvalue weighted by molar-refractivity contribution is 5.93. The highest BCUT2D eigenvalue weighted by Gasteiger charge is 2.26. The summed E-state index contributed by atoms with van der Waals surface area (Å²) in [4.78, 5) is 14.6. The summed E-state index contributed by atoms with van der Waals surface area (Å²) in [5.41, 5.74) is 2.17. The molecule has 0 spiro atoms. The lowest BCUT2D eigenvalue weighted by molar-refractivity contribution is -0.120. The molecular weight excluding hydrogens is 302 g/mol. The van der Waals surface area contributed by atoms with Crippen molar-refractivity contribution < 1.29 is 4.79 Å². The second kappa shape index (κ2) is 7.09. The van der Waals surface area contributed by atoms with E-state index in [0.29, 0.717) is 17.8 Å². The molecule has 3 rings (SSSR count). The quantitative estimate of drug-likeness (QED) is 0.939. The van der Waals surface area contributed by atoms with Crippen LogP contribution in [-0.4, -0.2) is 29.2 Å². The Kier molecular flexibility index (Phi) is 4.71. The van der Waals surface area contributed by atoms with Crippen molar-refractivity contribution in [3.05, 3.63) is 47.7 Å². The maximum atomic E-state index is 12.5. The molecule has 0 aliphatic carbocycles. The second-order valence-corrected chi connectivity index (χ2v) is 6.00. The minimum absolute atomic E-state index is 0.00415. The fourth-order valence-corrected chi connectivity index (χ4v) is 2.83. The van der Waals surface area contributed by atoms with Crippen molar-refractivity contribution in [1.82, 2.24) is 10.2 Å². The number of rotatable bonds is 3. The minimum atomic E-state index is -0.0857. The molecule has 1 amide bonds. The van der Waals surface area contributed by atoms with Gasteiger partial charge in [-0.05, 0) is 56.2 Å². The van der Waals surface area contributed by atoms with E-state index in [2.05, 4.69) is 26.5 Å². The van der Waals surface area contributed by atoms with Gasteiger partial charge in [0.25, 0.3) is 0 Å². The van der Waals surface area contributed by atoms with Crippen LogP contribution in [0.25, 0.3) is 0 Å². The largest absolute Gasteiger partial charge is 0.354 e. The number of nitrogens with one attached hydrogen (secondary N) is 1. The molecule has 1 unspecified atom stereocenters. The van der Waals surface area contributed by atoms with Gasteiger partial charge in [-0.3, -0.25) is 4.79 Å². The zero-order valence-corrected chi connectivity index (χ0v) is 13.6. The summed E-state index contributed by atoms with van der Waals surface area (Å²) in [6, 6.07) is 12.9. The van der Waals surface area contributed by atoms with Crippen LogP contribution in [-0.2, 0) is 4.79 Å². The normalized spacial score (nSPS) is 17.2. The predicted molar refractivity (Wildman–Crippen MR) is 91.5 cm³/mol. The van der Waals surface area contributed by atoms with Crippen molar-refractivity contribution in [2.45, 2.75) is 19.8 Å². The number of carbonyl (C=O) groups is 1. The Morgan fingerprint density at radius 3 is 2.71 bits per heavy atom. The molecule has 122 valence electrons. The van der Waals surface area contributed by atoms with Gasteiger partial charge in [0.05, 0.1) is 23.2 Å². The zero-order valence-electron chi connectivity index (χ0n) is 13.6. The first-order valence-electron chi connectivity index (χ1n) is 8.02. The molecule has 6 heteroatoms. The molecular formula is C18H19N5O. The number of anilines is 2. The van der Waals surface area contributed by atoms with Crippen molar-refractivity contribution in [1.29, 1.82) is 5.26 Å². The molecule has 1 aliphatic rings. The van der Waals surface area contributed by atoms with E-state index in [4.69, 9.17) is 5.26 Å². The van der Waals surface area contributed by atoms with Crippen LogP contribution < -0.4 is 10.2 Å². The van der Waals surface area contributed by atoms with Gasteiger partial charge in [-0.25, -0.2) is 0 Å². The molecule has 6 nitrogen and oxygen atoms in total. The molecule has 1 atom stereocenters. The van der Waals surface area contributed by atoms with Gasteiger partial charge in [0.2, 0.25) is 5.91 Å². The fraction of sp³-hybridized carbons (Fsp3) is 0.333. The monoisotopic (exact) mass is 321 g/mol. The number of amides is 1. The maximum absolute atomic E-state index is 12.5. The van der Waals surface area contributed by atoms with E-state index < -0.39 is 0 Å². The number of carbonyl (C=O) groups excluding carboxylic acids is 1. The summed E-state index contributed by atoms with van der Waals surface area (Å²) in [5, 5.41) is 20.1. The Labute approximate surface area is 141 Å². The first kappa shape index (κ1) is 15.9. The summed E-state index contributed by atoms with van der Waals surface area (Å²) in [7, 11) is 0. The van der Waals surface area contributed by atoms with Crippen molar-refractivity contribution >= 4 is 17.4 Å². The molecule has 0 radical (unpaired) electrons. The summed E-state index contributed by atoms with van der Waals surface area (Å²) in [6.07, 6.45) is 1.80. The molecule has 2 heterocycles. The number of aryl methyl sites for hydroxylation is 1. The number of aromatic nitrogens is 2. The summed E-state index contributed by atoms with van der Waals surface area (Å²) in [6.45, 7) is 3.43. The Morgan fingerprint density at radius 1 is 1.25 bits per heavy atom. The first-order valence-corrected chi connectivity index (χ1v) is 8.02. The molecule has 0 saturated carbocycles. The summed E-state index contributed by atoms with van der Waals surface area (Å²) < 4.78 is 0. The number of piperidine rings is 1. The van der Waals surface area contributed by atoms with E-state index in [1.165, 1.54) is 0 Å². The predicted octanol–water partition coefficient (Wildman–Crippen LogP) is 2.51. The Bertz CT molecular complexity index is 748. The van der Waals surface area contributed by atoms with Crippen LogP contribution in [0.1, 0.15) is 24.1 Å². The van der Waals surface area contributed by atoms with E-state index in [-0.39, 0.29) is 11.8 Å². The van der Waals surface area contributed by atoms with E-state index in [1.54, 1.807) is 24.3 Å². The molecule has 1 N–H and O–H groups in total. The third kappa shape index (κ3) is 3.69. The molecule has 1 aromatic heterocycles. The molecule has 1 fully saturated rings. The highest BCUT2D eigenvalue weighted by atomic mass is 16.1. The standard InChI is InChI=1S/C18H19N5O/c1-13-4-9-17(22-21-13)23-10-2-3-15(12-23)18(24)20-16-7-5-14(11-19)6-8-16/h4-9,15H,2-3,10,12H2,1H3,(H,20,24). The number of nitrogens with zero attached hydrogens (tertiary/aromatic N) is 4. The number of hydrogen-bond donors (Lipinski definition) is 1. The van der Waals surface area contributed by atoms with Crippen LogP contribution in [0.15, 0.2) is 36.4 Å². The molecule has 1 aromatic carbocycles. The van der Waals surface area contributed by atoms with Crippen LogP contribution >= 0.6 is 0 Å². The maximum Gasteiger partial charge on any atom is 0.229 e. The van der Waals surface area contributed by atoms with E-state index in [0.717, 1.165) is 30.9 Å². The summed E-state index contributed by atoms with van der Waals surface area (Å²) in [5.74, 6) is 0.735.